The maximum atomic E-state index is 4.60. The Hall–Kier alpha value is -0.680. The molecule has 1 fully saturated rings. The molecule has 0 radical (unpaired) electrons. The largest absolute Gasteiger partial charge is 0.317 e. The average Bonchev–Trinajstić information content (AvgIpc) is 2.57. The van der Waals surface area contributed by atoms with Crippen molar-refractivity contribution in [2.24, 2.45) is 5.92 Å². The van der Waals surface area contributed by atoms with Crippen molar-refractivity contribution in [2.75, 3.05) is 26.2 Å². The minimum absolute atomic E-state index is 0. The van der Waals surface area contributed by atoms with Crippen LogP contribution in [0.2, 0.25) is 0 Å². The molecule has 0 atom stereocenters. The Morgan fingerprint density at radius 1 is 1.26 bits per heavy atom. The number of nitrogens with one attached hydrogen (secondary N) is 1. The number of aromatic nitrogens is 1. The topological polar surface area (TPSA) is 28.2 Å². The molecule has 23 heavy (non-hydrogen) atoms. The van der Waals surface area contributed by atoms with E-state index in [2.05, 4.69) is 56.3 Å². The molecule has 0 aliphatic carbocycles. The second-order valence-electron chi connectivity index (χ2n) is 6.13. The van der Waals surface area contributed by atoms with E-state index < -0.39 is 0 Å². The highest BCUT2D eigenvalue weighted by Crippen LogP contribution is 2.27. The minimum atomic E-state index is 0. The zero-order valence-corrected chi connectivity index (χ0v) is 16.0. The van der Waals surface area contributed by atoms with Crippen LogP contribution in [0, 0.1) is 5.92 Å². The van der Waals surface area contributed by atoms with Crippen molar-refractivity contribution in [2.45, 2.75) is 26.3 Å². The molecule has 1 saturated heterocycles. The number of hydrogen-bond acceptors (Lipinski definition) is 3. The van der Waals surface area contributed by atoms with Gasteiger partial charge in [0.2, 0.25) is 0 Å². The van der Waals surface area contributed by atoms with E-state index in [-0.39, 0.29) is 12.4 Å². The smallest absolute Gasteiger partial charge is 0.0758 e. The third-order valence-electron chi connectivity index (χ3n) is 4.58. The molecule has 1 aliphatic heterocycles. The third kappa shape index (κ3) is 4.66. The van der Waals surface area contributed by atoms with E-state index in [1.807, 2.05) is 12.3 Å². The van der Waals surface area contributed by atoms with Crippen LogP contribution in [-0.4, -0.2) is 36.1 Å². The molecule has 3 nitrogen and oxygen atoms in total. The van der Waals surface area contributed by atoms with Gasteiger partial charge in [0, 0.05) is 22.6 Å². The van der Waals surface area contributed by atoms with Crippen LogP contribution in [0.3, 0.4) is 0 Å². The first-order valence-corrected chi connectivity index (χ1v) is 9.02. The van der Waals surface area contributed by atoms with Gasteiger partial charge in [-0.1, -0.05) is 35.0 Å². The van der Waals surface area contributed by atoms with Crippen LogP contribution in [0.15, 0.2) is 34.9 Å². The van der Waals surface area contributed by atoms with Crippen molar-refractivity contribution < 1.29 is 0 Å². The Morgan fingerprint density at radius 2 is 2.04 bits per heavy atom. The second-order valence-corrected chi connectivity index (χ2v) is 6.99. The molecule has 0 amide bonds. The molecule has 0 bridgehead atoms. The van der Waals surface area contributed by atoms with E-state index in [1.54, 1.807) is 0 Å². The number of nitrogens with zero attached hydrogens (tertiary/aromatic N) is 2. The summed E-state index contributed by atoms with van der Waals surface area (Å²) >= 11 is 3.63. The summed E-state index contributed by atoms with van der Waals surface area (Å²) in [6.45, 7) is 7.83. The number of halogens is 2. The van der Waals surface area contributed by atoms with Gasteiger partial charge in [-0.25, -0.2) is 0 Å². The Labute approximate surface area is 153 Å². The molecule has 126 valence electrons. The van der Waals surface area contributed by atoms with Crippen molar-refractivity contribution in [1.29, 1.82) is 0 Å². The van der Waals surface area contributed by atoms with E-state index in [0.717, 1.165) is 29.0 Å². The average molecular weight is 399 g/mol. The molecular formula is C18H25BrClN3. The van der Waals surface area contributed by atoms with Gasteiger partial charge in [0.25, 0.3) is 0 Å². The molecular weight excluding hydrogens is 374 g/mol. The normalized spacial score (nSPS) is 16.4. The lowest BCUT2D eigenvalue weighted by atomic mass is 9.96. The highest BCUT2D eigenvalue weighted by molar-refractivity contribution is 9.10. The van der Waals surface area contributed by atoms with Crippen molar-refractivity contribution in [1.82, 2.24) is 15.2 Å². The summed E-state index contributed by atoms with van der Waals surface area (Å²) in [6.07, 6.45) is 4.49. The van der Waals surface area contributed by atoms with Gasteiger partial charge in [-0.05, 0) is 62.6 Å². The molecule has 2 heterocycles. The van der Waals surface area contributed by atoms with E-state index >= 15 is 0 Å². The molecule has 0 unspecified atom stereocenters. The number of fused-ring (bicyclic) bond motifs is 1. The van der Waals surface area contributed by atoms with Crippen LogP contribution in [0.5, 0.6) is 0 Å². The molecule has 1 aromatic carbocycles. The summed E-state index contributed by atoms with van der Waals surface area (Å²) in [5.41, 5.74) is 2.47. The predicted octanol–water partition coefficient (Wildman–Crippen LogP) is 4.24. The summed E-state index contributed by atoms with van der Waals surface area (Å²) in [4.78, 5) is 7.17. The number of benzene rings is 1. The van der Waals surface area contributed by atoms with Gasteiger partial charge >= 0.3 is 0 Å². The molecule has 0 spiro atoms. The number of rotatable bonds is 5. The predicted molar refractivity (Wildman–Crippen MR) is 103 cm³/mol. The van der Waals surface area contributed by atoms with Crippen LogP contribution in [0.1, 0.15) is 25.3 Å². The first-order chi connectivity index (χ1) is 10.8. The zero-order valence-electron chi connectivity index (χ0n) is 13.6. The monoisotopic (exact) mass is 397 g/mol. The number of pyridine rings is 1. The van der Waals surface area contributed by atoms with Gasteiger partial charge in [0.1, 0.15) is 0 Å². The first kappa shape index (κ1) is 18.7. The lowest BCUT2D eigenvalue weighted by molar-refractivity contribution is 0.176. The van der Waals surface area contributed by atoms with Crippen LogP contribution >= 0.6 is 28.3 Å². The number of hydrogen-bond donors (Lipinski definition) is 1. The van der Waals surface area contributed by atoms with Gasteiger partial charge in [-0.2, -0.15) is 0 Å². The van der Waals surface area contributed by atoms with Crippen LogP contribution in [0.25, 0.3) is 10.9 Å². The summed E-state index contributed by atoms with van der Waals surface area (Å²) in [5, 5.41) is 4.69. The summed E-state index contributed by atoms with van der Waals surface area (Å²) in [5.74, 6) is 0.844. The molecule has 2 aromatic rings. The molecule has 3 rings (SSSR count). The van der Waals surface area contributed by atoms with Crippen molar-refractivity contribution >= 4 is 39.2 Å². The molecule has 0 saturated carbocycles. The number of piperidine rings is 1. The van der Waals surface area contributed by atoms with Crippen LogP contribution in [0.4, 0.5) is 0 Å². The van der Waals surface area contributed by atoms with E-state index in [9.17, 15) is 0 Å². The lowest BCUT2D eigenvalue weighted by Gasteiger charge is -2.32. The molecule has 1 aromatic heterocycles. The van der Waals surface area contributed by atoms with Gasteiger partial charge in [0.05, 0.1) is 5.52 Å². The molecule has 5 heteroatoms. The lowest BCUT2D eigenvalue weighted by Crippen LogP contribution is -2.36. The van der Waals surface area contributed by atoms with Crippen molar-refractivity contribution in [3.63, 3.8) is 0 Å². The Kier molecular flexibility index (Phi) is 7.28. The number of likely N-dealkylation sites (tertiary alicyclic amines) is 1. The van der Waals surface area contributed by atoms with E-state index in [0.29, 0.717) is 0 Å². The first-order valence-electron chi connectivity index (χ1n) is 8.23. The van der Waals surface area contributed by atoms with E-state index in [4.69, 9.17) is 0 Å². The van der Waals surface area contributed by atoms with Crippen molar-refractivity contribution in [3.05, 3.63) is 40.5 Å². The van der Waals surface area contributed by atoms with Gasteiger partial charge < -0.3 is 5.32 Å². The quantitative estimate of drug-likeness (QED) is 0.816. The minimum Gasteiger partial charge on any atom is -0.317 e. The third-order valence-corrected chi connectivity index (χ3v) is 5.28. The van der Waals surface area contributed by atoms with Gasteiger partial charge in [-0.3, -0.25) is 9.88 Å². The van der Waals surface area contributed by atoms with Crippen LogP contribution < -0.4 is 5.32 Å². The fraction of sp³-hybridized carbons (Fsp3) is 0.500. The SMILES string of the molecule is CCNCC1CCN(Cc2ccc(Br)c3cccnc23)CC1.Cl. The van der Waals surface area contributed by atoms with Gasteiger partial charge in [-0.15, -0.1) is 12.4 Å². The Morgan fingerprint density at radius 3 is 2.78 bits per heavy atom. The van der Waals surface area contributed by atoms with Crippen LogP contribution in [-0.2, 0) is 6.54 Å². The maximum absolute atomic E-state index is 4.60. The summed E-state index contributed by atoms with van der Waals surface area (Å²) in [7, 11) is 0. The molecule has 1 aliphatic rings. The van der Waals surface area contributed by atoms with E-state index in [1.165, 1.54) is 43.4 Å². The highest BCUT2D eigenvalue weighted by Gasteiger charge is 2.19. The standard InChI is InChI=1S/C18H24BrN3.ClH/c1-2-20-12-14-7-10-22(11-8-14)13-15-5-6-17(19)16-4-3-9-21-18(15)16;/h3-6,9,14,20H,2,7-8,10-13H2,1H3;1H. The summed E-state index contributed by atoms with van der Waals surface area (Å²) in [6, 6.07) is 8.50. The Bertz CT molecular complexity index is 627. The maximum Gasteiger partial charge on any atom is 0.0758 e. The van der Waals surface area contributed by atoms with Crippen molar-refractivity contribution in [3.8, 4) is 0 Å². The van der Waals surface area contributed by atoms with Gasteiger partial charge in [0.15, 0.2) is 0 Å². The highest BCUT2D eigenvalue weighted by atomic mass is 79.9. The molecule has 1 N–H and O–H groups in total. The summed E-state index contributed by atoms with van der Waals surface area (Å²) < 4.78 is 1.13. The second kappa shape index (κ2) is 8.97. The Balaban J connectivity index is 0.00000192. The fourth-order valence-electron chi connectivity index (χ4n) is 3.26. The zero-order chi connectivity index (χ0) is 15.4. The fourth-order valence-corrected chi connectivity index (χ4v) is 3.71.